The first kappa shape index (κ1) is 13.0. The Morgan fingerprint density at radius 3 is 2.94 bits per heavy atom. The molecule has 1 amide bonds. The van der Waals surface area contributed by atoms with Crippen LogP contribution in [0.4, 0.5) is 8.78 Å². The smallest absolute Gasteiger partial charge is 0.254 e. The molecule has 0 bridgehead atoms. The van der Waals surface area contributed by atoms with Gasteiger partial charge >= 0.3 is 0 Å². The quantitative estimate of drug-likeness (QED) is 0.845. The minimum atomic E-state index is -0.703. The molecule has 1 aromatic rings. The zero-order valence-corrected chi connectivity index (χ0v) is 10.2. The van der Waals surface area contributed by atoms with Gasteiger partial charge < -0.3 is 10.6 Å². The minimum absolute atomic E-state index is 0.0473. The number of amides is 1. The van der Waals surface area contributed by atoms with Gasteiger partial charge in [0.05, 0.1) is 5.56 Å². The van der Waals surface area contributed by atoms with E-state index in [1.165, 1.54) is 0 Å². The monoisotopic (exact) mass is 254 g/mol. The minimum Gasteiger partial charge on any atom is -0.348 e. The normalized spacial score (nSPS) is 23.7. The Morgan fingerprint density at radius 1 is 1.44 bits per heavy atom. The van der Waals surface area contributed by atoms with Crippen LogP contribution < -0.4 is 10.6 Å². The highest BCUT2D eigenvalue weighted by molar-refractivity contribution is 5.94. The lowest BCUT2D eigenvalue weighted by molar-refractivity contribution is 0.0915. The van der Waals surface area contributed by atoms with Crippen molar-refractivity contribution >= 4 is 5.91 Å². The van der Waals surface area contributed by atoms with Gasteiger partial charge in [-0.2, -0.15) is 0 Å². The molecule has 2 N–H and O–H groups in total. The molecule has 0 aliphatic carbocycles. The first-order chi connectivity index (χ1) is 8.58. The van der Waals surface area contributed by atoms with E-state index in [1.807, 2.05) is 6.92 Å². The molecule has 98 valence electrons. The molecular weight excluding hydrogens is 238 g/mol. The van der Waals surface area contributed by atoms with Gasteiger partial charge in [0.25, 0.3) is 5.91 Å². The molecule has 0 saturated carbocycles. The van der Waals surface area contributed by atoms with Gasteiger partial charge in [-0.25, -0.2) is 8.78 Å². The predicted octanol–water partition coefficient (Wildman–Crippen LogP) is 1.84. The molecule has 1 saturated heterocycles. The van der Waals surface area contributed by atoms with E-state index in [2.05, 4.69) is 10.6 Å². The number of carbonyl (C=O) groups is 1. The highest BCUT2D eigenvalue weighted by Crippen LogP contribution is 2.12. The molecule has 1 aliphatic heterocycles. The van der Waals surface area contributed by atoms with E-state index in [1.54, 1.807) is 0 Å². The lowest BCUT2D eigenvalue weighted by Gasteiger charge is -2.30. The van der Waals surface area contributed by atoms with E-state index in [0.29, 0.717) is 0 Å². The number of piperidine rings is 1. The van der Waals surface area contributed by atoms with Gasteiger partial charge in [-0.1, -0.05) is 0 Å². The molecule has 2 atom stereocenters. The van der Waals surface area contributed by atoms with Gasteiger partial charge in [0, 0.05) is 12.1 Å². The summed E-state index contributed by atoms with van der Waals surface area (Å²) in [7, 11) is 0. The van der Waals surface area contributed by atoms with Crippen LogP contribution in [-0.2, 0) is 0 Å². The summed E-state index contributed by atoms with van der Waals surface area (Å²) in [6.07, 6.45) is 1.80. The summed E-state index contributed by atoms with van der Waals surface area (Å²) in [5.41, 5.74) is -0.243. The van der Waals surface area contributed by atoms with Crippen molar-refractivity contribution in [1.82, 2.24) is 10.6 Å². The molecule has 0 radical (unpaired) electrons. The third-order valence-electron chi connectivity index (χ3n) is 3.25. The summed E-state index contributed by atoms with van der Waals surface area (Å²) >= 11 is 0. The van der Waals surface area contributed by atoms with Crippen LogP contribution in [0.3, 0.4) is 0 Å². The number of rotatable bonds is 2. The van der Waals surface area contributed by atoms with Gasteiger partial charge in [-0.15, -0.1) is 0 Å². The average molecular weight is 254 g/mol. The van der Waals surface area contributed by atoms with E-state index in [0.717, 1.165) is 37.6 Å². The Bertz CT molecular complexity index is 451. The molecule has 5 heteroatoms. The van der Waals surface area contributed by atoms with E-state index in [-0.39, 0.29) is 17.6 Å². The SMILES string of the molecule is C[C@@H]1NCCC[C@@H]1NC(=O)c1cc(F)ccc1F. The van der Waals surface area contributed by atoms with Crippen molar-refractivity contribution in [2.45, 2.75) is 31.8 Å². The molecule has 3 nitrogen and oxygen atoms in total. The van der Waals surface area contributed by atoms with E-state index in [4.69, 9.17) is 0 Å². The molecule has 0 spiro atoms. The van der Waals surface area contributed by atoms with Crippen molar-refractivity contribution < 1.29 is 13.6 Å². The first-order valence-electron chi connectivity index (χ1n) is 6.07. The number of benzene rings is 1. The standard InChI is InChI=1S/C13H16F2N2O/c1-8-12(3-2-6-16-8)17-13(18)10-7-9(14)4-5-11(10)15/h4-5,7-8,12,16H,2-3,6H2,1H3,(H,17,18)/t8-,12-/m0/s1. The average Bonchev–Trinajstić information content (AvgIpc) is 2.35. The lowest BCUT2D eigenvalue weighted by Crippen LogP contribution is -2.52. The van der Waals surface area contributed by atoms with Crippen LogP contribution in [0.25, 0.3) is 0 Å². The van der Waals surface area contributed by atoms with Gasteiger partial charge in [-0.3, -0.25) is 4.79 Å². The molecule has 1 aliphatic rings. The lowest BCUT2D eigenvalue weighted by atomic mass is 9.99. The second-order valence-electron chi connectivity index (χ2n) is 4.59. The fourth-order valence-electron chi connectivity index (χ4n) is 2.16. The third-order valence-corrected chi connectivity index (χ3v) is 3.25. The number of carbonyl (C=O) groups excluding carboxylic acids is 1. The van der Waals surface area contributed by atoms with Crippen LogP contribution in [0.15, 0.2) is 18.2 Å². The molecule has 18 heavy (non-hydrogen) atoms. The Balaban J connectivity index is 2.09. The van der Waals surface area contributed by atoms with Crippen molar-refractivity contribution in [2.24, 2.45) is 0 Å². The van der Waals surface area contributed by atoms with Crippen molar-refractivity contribution in [2.75, 3.05) is 6.54 Å². The van der Waals surface area contributed by atoms with E-state index >= 15 is 0 Å². The zero-order valence-electron chi connectivity index (χ0n) is 10.2. The van der Waals surface area contributed by atoms with Gasteiger partial charge in [0.1, 0.15) is 11.6 Å². The topological polar surface area (TPSA) is 41.1 Å². The second kappa shape index (κ2) is 5.44. The van der Waals surface area contributed by atoms with Crippen LogP contribution in [0, 0.1) is 11.6 Å². The number of nitrogens with one attached hydrogen (secondary N) is 2. The van der Waals surface area contributed by atoms with Crippen LogP contribution in [-0.4, -0.2) is 24.5 Å². The maximum Gasteiger partial charge on any atom is 0.254 e. The van der Waals surface area contributed by atoms with Gasteiger partial charge in [-0.05, 0) is 44.5 Å². The highest BCUT2D eigenvalue weighted by atomic mass is 19.1. The van der Waals surface area contributed by atoms with Crippen LogP contribution in [0.1, 0.15) is 30.1 Å². The Morgan fingerprint density at radius 2 is 2.22 bits per heavy atom. The number of hydrogen-bond acceptors (Lipinski definition) is 2. The van der Waals surface area contributed by atoms with Crippen molar-refractivity contribution in [3.8, 4) is 0 Å². The van der Waals surface area contributed by atoms with Crippen molar-refractivity contribution in [1.29, 1.82) is 0 Å². The zero-order chi connectivity index (χ0) is 13.1. The summed E-state index contributed by atoms with van der Waals surface area (Å²) in [6.45, 7) is 2.88. The van der Waals surface area contributed by atoms with Crippen LogP contribution in [0.2, 0.25) is 0 Å². The Hall–Kier alpha value is -1.49. The molecule has 2 rings (SSSR count). The maximum absolute atomic E-state index is 13.4. The van der Waals surface area contributed by atoms with Crippen molar-refractivity contribution in [3.63, 3.8) is 0 Å². The fraction of sp³-hybridized carbons (Fsp3) is 0.462. The van der Waals surface area contributed by atoms with Crippen LogP contribution in [0.5, 0.6) is 0 Å². The number of hydrogen-bond donors (Lipinski definition) is 2. The summed E-state index contributed by atoms with van der Waals surface area (Å²) in [5, 5.41) is 5.98. The van der Waals surface area contributed by atoms with Gasteiger partial charge in [0.15, 0.2) is 0 Å². The maximum atomic E-state index is 13.4. The molecule has 0 aromatic heterocycles. The summed E-state index contributed by atoms with van der Waals surface area (Å²) in [6, 6.07) is 2.98. The molecule has 1 aromatic carbocycles. The van der Waals surface area contributed by atoms with E-state index < -0.39 is 17.5 Å². The summed E-state index contributed by atoms with van der Waals surface area (Å²) < 4.78 is 26.4. The molecule has 1 fully saturated rings. The summed E-state index contributed by atoms with van der Waals surface area (Å²) in [5.74, 6) is -1.88. The second-order valence-corrected chi connectivity index (χ2v) is 4.59. The van der Waals surface area contributed by atoms with Crippen molar-refractivity contribution in [3.05, 3.63) is 35.4 Å². The molecular formula is C13H16F2N2O. The third kappa shape index (κ3) is 2.85. The van der Waals surface area contributed by atoms with Gasteiger partial charge in [0.2, 0.25) is 0 Å². The summed E-state index contributed by atoms with van der Waals surface area (Å²) in [4.78, 5) is 11.9. The predicted molar refractivity (Wildman–Crippen MR) is 64.3 cm³/mol. The largest absolute Gasteiger partial charge is 0.348 e. The fourth-order valence-corrected chi connectivity index (χ4v) is 2.16. The van der Waals surface area contributed by atoms with Crippen LogP contribution >= 0.6 is 0 Å². The highest BCUT2D eigenvalue weighted by Gasteiger charge is 2.24. The Labute approximate surface area is 105 Å². The molecule has 1 heterocycles. The van der Waals surface area contributed by atoms with E-state index in [9.17, 15) is 13.6 Å². The molecule has 0 unspecified atom stereocenters. The Kier molecular flexibility index (Phi) is 3.91. The number of halogens is 2. The first-order valence-corrected chi connectivity index (χ1v) is 6.07.